The molecule has 1 aromatic carbocycles. The minimum absolute atomic E-state index is 0.0377. The zero-order valence-electron chi connectivity index (χ0n) is 11.1. The Morgan fingerprint density at radius 2 is 1.65 bits per heavy atom. The van der Waals surface area contributed by atoms with E-state index in [0.29, 0.717) is 5.56 Å². The van der Waals surface area contributed by atoms with E-state index in [1.54, 1.807) is 6.92 Å². The molecule has 0 amide bonds. The van der Waals surface area contributed by atoms with Crippen molar-refractivity contribution in [2.24, 2.45) is 0 Å². The lowest BCUT2D eigenvalue weighted by atomic mass is 10.0. The SMILES string of the molecule is Cc1cccc(C)c1C(=O)OC(C)OC(C)C. The molecule has 94 valence electrons. The Labute approximate surface area is 103 Å². The van der Waals surface area contributed by atoms with E-state index in [-0.39, 0.29) is 12.1 Å². The number of benzene rings is 1. The van der Waals surface area contributed by atoms with Crippen LogP contribution in [0.2, 0.25) is 0 Å². The maximum Gasteiger partial charge on any atom is 0.340 e. The predicted octanol–water partition coefficient (Wildman–Crippen LogP) is 3.23. The minimum Gasteiger partial charge on any atom is -0.432 e. The normalized spacial score (nSPS) is 12.6. The van der Waals surface area contributed by atoms with Gasteiger partial charge < -0.3 is 9.47 Å². The van der Waals surface area contributed by atoms with Crippen LogP contribution in [0.3, 0.4) is 0 Å². The Kier molecular flexibility index (Phi) is 4.70. The summed E-state index contributed by atoms with van der Waals surface area (Å²) in [6, 6.07) is 5.73. The Morgan fingerprint density at radius 1 is 1.12 bits per heavy atom. The second kappa shape index (κ2) is 5.82. The molecule has 0 saturated heterocycles. The molecule has 0 radical (unpaired) electrons. The van der Waals surface area contributed by atoms with E-state index in [1.165, 1.54) is 0 Å². The first-order valence-electron chi connectivity index (χ1n) is 5.84. The molecule has 0 bridgehead atoms. The molecule has 1 atom stereocenters. The van der Waals surface area contributed by atoms with Crippen LogP contribution in [0.1, 0.15) is 42.3 Å². The molecule has 3 nitrogen and oxygen atoms in total. The van der Waals surface area contributed by atoms with Gasteiger partial charge in [0.25, 0.3) is 0 Å². The van der Waals surface area contributed by atoms with Crippen molar-refractivity contribution in [3.05, 3.63) is 34.9 Å². The molecule has 0 aliphatic carbocycles. The van der Waals surface area contributed by atoms with Gasteiger partial charge in [-0.1, -0.05) is 18.2 Å². The monoisotopic (exact) mass is 236 g/mol. The van der Waals surface area contributed by atoms with Crippen molar-refractivity contribution >= 4 is 5.97 Å². The Morgan fingerprint density at radius 3 is 2.12 bits per heavy atom. The van der Waals surface area contributed by atoms with Crippen molar-refractivity contribution in [3.63, 3.8) is 0 Å². The van der Waals surface area contributed by atoms with Crippen molar-refractivity contribution in [1.82, 2.24) is 0 Å². The van der Waals surface area contributed by atoms with Crippen molar-refractivity contribution in [2.75, 3.05) is 0 Å². The molecule has 0 saturated carbocycles. The average Bonchev–Trinajstić information content (AvgIpc) is 2.15. The van der Waals surface area contributed by atoms with Gasteiger partial charge in [-0.05, 0) is 45.7 Å². The van der Waals surface area contributed by atoms with Crippen molar-refractivity contribution < 1.29 is 14.3 Å². The van der Waals surface area contributed by atoms with Crippen LogP contribution < -0.4 is 0 Å². The summed E-state index contributed by atoms with van der Waals surface area (Å²) in [6.45, 7) is 9.34. The fraction of sp³-hybridized carbons (Fsp3) is 0.500. The largest absolute Gasteiger partial charge is 0.432 e. The molecule has 0 N–H and O–H groups in total. The smallest absolute Gasteiger partial charge is 0.340 e. The van der Waals surface area contributed by atoms with E-state index >= 15 is 0 Å². The van der Waals surface area contributed by atoms with Crippen LogP contribution in [0, 0.1) is 13.8 Å². The van der Waals surface area contributed by atoms with Crippen molar-refractivity contribution in [3.8, 4) is 0 Å². The lowest BCUT2D eigenvalue weighted by Crippen LogP contribution is -2.22. The number of carbonyl (C=O) groups is 1. The van der Waals surface area contributed by atoms with Gasteiger partial charge in [-0.15, -0.1) is 0 Å². The zero-order valence-corrected chi connectivity index (χ0v) is 11.1. The van der Waals surface area contributed by atoms with E-state index in [4.69, 9.17) is 9.47 Å². The third-order valence-corrected chi connectivity index (χ3v) is 2.42. The highest BCUT2D eigenvalue weighted by Gasteiger charge is 2.17. The van der Waals surface area contributed by atoms with Crippen LogP contribution in [0.25, 0.3) is 0 Å². The molecule has 0 fully saturated rings. The first-order valence-corrected chi connectivity index (χ1v) is 5.84. The third-order valence-electron chi connectivity index (χ3n) is 2.42. The number of esters is 1. The van der Waals surface area contributed by atoms with Gasteiger partial charge in [-0.25, -0.2) is 4.79 Å². The molecular formula is C14H20O3. The highest BCUT2D eigenvalue weighted by molar-refractivity contribution is 5.92. The molecular weight excluding hydrogens is 216 g/mol. The van der Waals surface area contributed by atoms with Crippen LogP contribution in [0.4, 0.5) is 0 Å². The first-order chi connectivity index (χ1) is 7.91. The molecule has 17 heavy (non-hydrogen) atoms. The quantitative estimate of drug-likeness (QED) is 0.594. The summed E-state index contributed by atoms with van der Waals surface area (Å²) in [6.07, 6.45) is -0.489. The summed E-state index contributed by atoms with van der Waals surface area (Å²) in [5.74, 6) is -0.325. The number of rotatable bonds is 4. The van der Waals surface area contributed by atoms with Gasteiger partial charge in [0.1, 0.15) is 0 Å². The lowest BCUT2D eigenvalue weighted by molar-refractivity contribution is -0.120. The van der Waals surface area contributed by atoms with E-state index in [0.717, 1.165) is 11.1 Å². The molecule has 0 heterocycles. The topological polar surface area (TPSA) is 35.5 Å². The molecule has 1 aromatic rings. The van der Waals surface area contributed by atoms with Crippen LogP contribution in [-0.2, 0) is 9.47 Å². The summed E-state index contributed by atoms with van der Waals surface area (Å²) in [4.78, 5) is 12.0. The van der Waals surface area contributed by atoms with Gasteiger partial charge in [-0.2, -0.15) is 0 Å². The molecule has 0 aromatic heterocycles. The molecule has 0 aliphatic rings. The Hall–Kier alpha value is -1.35. The maximum atomic E-state index is 12.0. The number of aryl methyl sites for hydroxylation is 2. The van der Waals surface area contributed by atoms with Gasteiger partial charge >= 0.3 is 5.97 Å². The second-order valence-corrected chi connectivity index (χ2v) is 4.42. The molecule has 0 aliphatic heterocycles. The average molecular weight is 236 g/mol. The van der Waals surface area contributed by atoms with Gasteiger partial charge in [0.2, 0.25) is 6.29 Å². The van der Waals surface area contributed by atoms with Crippen LogP contribution in [0.5, 0.6) is 0 Å². The summed E-state index contributed by atoms with van der Waals surface area (Å²) in [5.41, 5.74) is 2.48. The standard InChI is InChI=1S/C14H20O3/c1-9(2)16-12(5)17-14(15)13-10(3)7-6-8-11(13)4/h6-9,12H,1-5H3. The first kappa shape index (κ1) is 13.7. The highest BCUT2D eigenvalue weighted by Crippen LogP contribution is 2.15. The van der Waals surface area contributed by atoms with Gasteiger partial charge in [0.05, 0.1) is 11.7 Å². The molecule has 1 rings (SSSR count). The highest BCUT2D eigenvalue weighted by atomic mass is 16.7. The maximum absolute atomic E-state index is 12.0. The minimum atomic E-state index is -0.526. The summed E-state index contributed by atoms with van der Waals surface area (Å²) in [5, 5.41) is 0. The third kappa shape index (κ3) is 3.86. The van der Waals surface area contributed by atoms with E-state index in [2.05, 4.69) is 0 Å². The van der Waals surface area contributed by atoms with Crippen molar-refractivity contribution in [2.45, 2.75) is 47.0 Å². The van der Waals surface area contributed by atoms with E-state index < -0.39 is 6.29 Å². The van der Waals surface area contributed by atoms with Gasteiger partial charge in [0.15, 0.2) is 0 Å². The van der Waals surface area contributed by atoms with Crippen LogP contribution in [-0.4, -0.2) is 18.4 Å². The van der Waals surface area contributed by atoms with E-state index in [1.807, 2.05) is 45.9 Å². The van der Waals surface area contributed by atoms with E-state index in [9.17, 15) is 4.79 Å². The van der Waals surface area contributed by atoms with Crippen LogP contribution in [0.15, 0.2) is 18.2 Å². The van der Waals surface area contributed by atoms with Crippen LogP contribution >= 0.6 is 0 Å². The van der Waals surface area contributed by atoms with Gasteiger partial charge in [0, 0.05) is 0 Å². The summed E-state index contributed by atoms with van der Waals surface area (Å²) < 4.78 is 10.6. The molecule has 1 unspecified atom stereocenters. The van der Waals surface area contributed by atoms with Gasteiger partial charge in [-0.3, -0.25) is 0 Å². The Balaban J connectivity index is 2.77. The fourth-order valence-corrected chi connectivity index (χ4v) is 1.76. The number of ether oxygens (including phenoxy) is 2. The summed E-state index contributed by atoms with van der Waals surface area (Å²) >= 11 is 0. The lowest BCUT2D eigenvalue weighted by Gasteiger charge is -2.17. The summed E-state index contributed by atoms with van der Waals surface area (Å²) in [7, 11) is 0. The molecule has 0 spiro atoms. The number of hydrogen-bond acceptors (Lipinski definition) is 3. The Bertz CT molecular complexity index is 376. The second-order valence-electron chi connectivity index (χ2n) is 4.42. The predicted molar refractivity (Wildman–Crippen MR) is 67.0 cm³/mol. The van der Waals surface area contributed by atoms with Crippen molar-refractivity contribution in [1.29, 1.82) is 0 Å². The molecule has 3 heteroatoms. The zero-order chi connectivity index (χ0) is 13.0. The fourth-order valence-electron chi connectivity index (χ4n) is 1.76. The number of hydrogen-bond donors (Lipinski definition) is 0. The number of carbonyl (C=O) groups excluding carboxylic acids is 1.